The van der Waals surface area contributed by atoms with Crippen molar-refractivity contribution in [3.05, 3.63) is 24.7 Å². The van der Waals surface area contributed by atoms with E-state index in [1.165, 1.54) is 0 Å². The van der Waals surface area contributed by atoms with E-state index in [0.29, 0.717) is 24.0 Å². The Morgan fingerprint density at radius 3 is 2.74 bits per heavy atom. The van der Waals surface area contributed by atoms with E-state index in [4.69, 9.17) is 10.5 Å². The van der Waals surface area contributed by atoms with Gasteiger partial charge in [0.15, 0.2) is 6.23 Å². The maximum absolute atomic E-state index is 10.1. The van der Waals surface area contributed by atoms with E-state index in [1.807, 2.05) is 13.8 Å². The number of hydrogen-bond donors (Lipinski definition) is 3. The van der Waals surface area contributed by atoms with Gasteiger partial charge in [0.05, 0.1) is 6.10 Å². The highest BCUT2D eigenvalue weighted by Crippen LogP contribution is 2.30. The summed E-state index contributed by atoms with van der Waals surface area (Å²) < 4.78 is 5.75. The summed E-state index contributed by atoms with van der Waals surface area (Å²) in [6.45, 7) is 7.85. The van der Waals surface area contributed by atoms with Crippen molar-refractivity contribution in [1.29, 1.82) is 0 Å². The average molecular weight is 267 g/mol. The lowest BCUT2D eigenvalue weighted by Crippen LogP contribution is -2.41. The van der Waals surface area contributed by atoms with E-state index in [0.717, 1.165) is 0 Å². The van der Waals surface area contributed by atoms with E-state index < -0.39 is 18.4 Å². The van der Waals surface area contributed by atoms with Crippen molar-refractivity contribution in [1.82, 2.24) is 4.90 Å². The minimum atomic E-state index is -1.00. The van der Waals surface area contributed by atoms with Crippen molar-refractivity contribution in [2.75, 3.05) is 0 Å². The monoisotopic (exact) mass is 267 g/mol. The second-order valence-electron chi connectivity index (χ2n) is 5.35. The van der Waals surface area contributed by atoms with Crippen LogP contribution in [0.25, 0.3) is 0 Å². The van der Waals surface area contributed by atoms with Gasteiger partial charge in [-0.15, -0.1) is 0 Å². The molecule has 19 heavy (non-hydrogen) atoms. The summed E-state index contributed by atoms with van der Waals surface area (Å²) in [6, 6.07) is 0. The van der Waals surface area contributed by atoms with Crippen LogP contribution in [-0.4, -0.2) is 45.5 Å². The Labute approximate surface area is 112 Å². The van der Waals surface area contributed by atoms with Gasteiger partial charge in [-0.05, 0) is 18.4 Å². The highest BCUT2D eigenvalue weighted by Gasteiger charge is 2.45. The first-order valence-electron chi connectivity index (χ1n) is 6.41. The molecule has 6 heteroatoms. The van der Waals surface area contributed by atoms with E-state index in [-0.39, 0.29) is 6.10 Å². The third-order valence-electron chi connectivity index (χ3n) is 3.28. The standard InChI is InChI=1S/C13H21N3O3/c1-7(2)6-9-11(17)12(18)13(19-9)16-5-4-10(14)15-8(16)3/h4-5,7,9,11-13,17-18H,3,6H2,1-2H3,(H2,14,15)/t9-,11+,12?,13-/m1/s1. The van der Waals surface area contributed by atoms with Gasteiger partial charge in [-0.2, -0.15) is 0 Å². The van der Waals surface area contributed by atoms with Crippen LogP contribution in [0.15, 0.2) is 29.7 Å². The molecular weight excluding hydrogens is 246 g/mol. The zero-order valence-corrected chi connectivity index (χ0v) is 11.2. The van der Waals surface area contributed by atoms with Gasteiger partial charge >= 0.3 is 0 Å². The van der Waals surface area contributed by atoms with Crippen LogP contribution in [0.2, 0.25) is 0 Å². The number of rotatable bonds is 3. The number of hydrogen-bond acceptors (Lipinski definition) is 6. The van der Waals surface area contributed by atoms with E-state index in [1.54, 1.807) is 17.2 Å². The van der Waals surface area contributed by atoms with Crippen LogP contribution in [-0.2, 0) is 4.74 Å². The molecule has 0 aromatic rings. The summed E-state index contributed by atoms with van der Waals surface area (Å²) in [5.41, 5.74) is 5.56. The number of aliphatic hydroxyl groups is 2. The van der Waals surface area contributed by atoms with Gasteiger partial charge in [-0.1, -0.05) is 20.4 Å². The summed E-state index contributed by atoms with van der Waals surface area (Å²) in [5, 5.41) is 20.1. The number of nitrogens with two attached hydrogens (primary N) is 1. The molecule has 0 aliphatic carbocycles. The molecule has 4 atom stereocenters. The third-order valence-corrected chi connectivity index (χ3v) is 3.28. The largest absolute Gasteiger partial charge is 0.388 e. The number of ether oxygens (including phenoxy) is 1. The Balaban J connectivity index is 2.10. The van der Waals surface area contributed by atoms with Gasteiger partial charge in [-0.3, -0.25) is 0 Å². The highest BCUT2D eigenvalue weighted by molar-refractivity contribution is 5.92. The fourth-order valence-corrected chi connectivity index (χ4v) is 2.34. The summed E-state index contributed by atoms with van der Waals surface area (Å²) in [7, 11) is 0. The Morgan fingerprint density at radius 1 is 1.47 bits per heavy atom. The summed E-state index contributed by atoms with van der Waals surface area (Å²) >= 11 is 0. The minimum Gasteiger partial charge on any atom is -0.388 e. The lowest BCUT2D eigenvalue weighted by atomic mass is 10.0. The maximum atomic E-state index is 10.1. The topological polar surface area (TPSA) is 91.3 Å². The molecule has 0 spiro atoms. The molecule has 0 aromatic heterocycles. The molecule has 0 amide bonds. The normalized spacial score (nSPS) is 35.1. The average Bonchev–Trinajstić information content (AvgIpc) is 2.57. The smallest absolute Gasteiger partial charge is 0.164 e. The van der Waals surface area contributed by atoms with Crippen molar-refractivity contribution in [2.45, 2.75) is 44.8 Å². The molecule has 2 aliphatic rings. The molecule has 0 aromatic carbocycles. The van der Waals surface area contributed by atoms with Gasteiger partial charge in [0.2, 0.25) is 0 Å². The first-order valence-corrected chi connectivity index (χ1v) is 6.41. The first kappa shape index (κ1) is 14.0. The summed E-state index contributed by atoms with van der Waals surface area (Å²) in [4.78, 5) is 5.61. The molecule has 0 radical (unpaired) electrons. The number of nitrogens with zero attached hydrogens (tertiary/aromatic N) is 2. The lowest BCUT2D eigenvalue weighted by molar-refractivity contribution is -0.0613. The molecule has 6 nitrogen and oxygen atoms in total. The van der Waals surface area contributed by atoms with E-state index >= 15 is 0 Å². The summed E-state index contributed by atoms with van der Waals surface area (Å²) in [5.74, 6) is 1.12. The Morgan fingerprint density at radius 2 is 2.16 bits per heavy atom. The van der Waals surface area contributed by atoms with Crippen LogP contribution < -0.4 is 5.73 Å². The van der Waals surface area contributed by atoms with Crippen LogP contribution >= 0.6 is 0 Å². The molecule has 106 valence electrons. The molecule has 0 saturated carbocycles. The van der Waals surface area contributed by atoms with Crippen molar-refractivity contribution >= 4 is 5.84 Å². The lowest BCUT2D eigenvalue weighted by Gasteiger charge is -2.30. The van der Waals surface area contributed by atoms with Crippen molar-refractivity contribution < 1.29 is 14.9 Å². The Kier molecular flexibility index (Phi) is 3.93. The summed E-state index contributed by atoms with van der Waals surface area (Å²) in [6.07, 6.45) is 0.973. The number of amidine groups is 1. The zero-order chi connectivity index (χ0) is 14.2. The second-order valence-corrected chi connectivity index (χ2v) is 5.35. The van der Waals surface area contributed by atoms with Crippen LogP contribution in [0.3, 0.4) is 0 Å². The maximum Gasteiger partial charge on any atom is 0.164 e. The van der Waals surface area contributed by atoms with E-state index in [9.17, 15) is 10.2 Å². The minimum absolute atomic E-state index is 0.355. The highest BCUT2D eigenvalue weighted by atomic mass is 16.6. The molecule has 2 rings (SSSR count). The van der Waals surface area contributed by atoms with Gasteiger partial charge in [0, 0.05) is 6.20 Å². The molecule has 4 N–H and O–H groups in total. The van der Waals surface area contributed by atoms with Crippen LogP contribution in [0.4, 0.5) is 0 Å². The SMILES string of the molecule is C=C1N=C(N)C=CN1[C@@H]1O[C@H](CC(C)C)[C@H](O)C1O. The van der Waals surface area contributed by atoms with Crippen LogP contribution in [0.1, 0.15) is 20.3 Å². The first-order chi connectivity index (χ1) is 8.90. The third kappa shape index (κ3) is 2.80. The van der Waals surface area contributed by atoms with Crippen LogP contribution in [0.5, 0.6) is 0 Å². The van der Waals surface area contributed by atoms with Gasteiger partial charge in [0.1, 0.15) is 23.9 Å². The predicted octanol–water partition coefficient (Wildman–Crippen LogP) is 0.137. The van der Waals surface area contributed by atoms with Gasteiger partial charge in [0.25, 0.3) is 0 Å². The van der Waals surface area contributed by atoms with Crippen molar-refractivity contribution in [3.8, 4) is 0 Å². The zero-order valence-electron chi connectivity index (χ0n) is 11.2. The van der Waals surface area contributed by atoms with Crippen molar-refractivity contribution in [3.63, 3.8) is 0 Å². The molecule has 0 bridgehead atoms. The predicted molar refractivity (Wildman–Crippen MR) is 71.9 cm³/mol. The Bertz CT molecular complexity index is 419. The molecule has 1 unspecified atom stereocenters. The number of aliphatic hydroxyl groups excluding tert-OH is 2. The second kappa shape index (κ2) is 5.32. The fourth-order valence-electron chi connectivity index (χ4n) is 2.34. The van der Waals surface area contributed by atoms with E-state index in [2.05, 4.69) is 11.6 Å². The number of aliphatic imine (C=N–C) groups is 1. The fraction of sp³-hybridized carbons (Fsp3) is 0.615. The molecule has 1 fully saturated rings. The van der Waals surface area contributed by atoms with Gasteiger partial charge < -0.3 is 25.6 Å². The Hall–Kier alpha value is -1.37. The molecular formula is C13H21N3O3. The quantitative estimate of drug-likeness (QED) is 0.676. The van der Waals surface area contributed by atoms with Crippen LogP contribution in [0, 0.1) is 5.92 Å². The van der Waals surface area contributed by atoms with Crippen molar-refractivity contribution in [2.24, 2.45) is 16.6 Å². The molecule has 2 heterocycles. The molecule has 1 saturated heterocycles. The van der Waals surface area contributed by atoms with Gasteiger partial charge in [-0.25, -0.2) is 4.99 Å². The molecule has 2 aliphatic heterocycles.